The number of hydrogen-bond donors (Lipinski definition) is 2. The third kappa shape index (κ3) is 5.80. The van der Waals surface area contributed by atoms with E-state index in [9.17, 15) is 13.2 Å². The van der Waals surface area contributed by atoms with Gasteiger partial charge in [-0.05, 0) is 54.7 Å². The van der Waals surface area contributed by atoms with E-state index in [1.165, 1.54) is 0 Å². The number of aryl methyl sites for hydroxylation is 1. The lowest BCUT2D eigenvalue weighted by atomic mass is 10.1. The van der Waals surface area contributed by atoms with Crippen LogP contribution in [0.4, 0.5) is 0 Å². The molecule has 0 aliphatic heterocycles. The summed E-state index contributed by atoms with van der Waals surface area (Å²) in [7, 11) is -1.81. The van der Waals surface area contributed by atoms with Crippen molar-refractivity contribution >= 4 is 15.9 Å². The maximum Gasteiger partial charge on any atom is 0.240 e. The van der Waals surface area contributed by atoms with E-state index in [0.29, 0.717) is 19.4 Å². The monoisotopic (exact) mass is 388 g/mol. The predicted molar refractivity (Wildman–Crippen MR) is 103 cm³/mol. The van der Waals surface area contributed by atoms with Crippen molar-refractivity contribution in [2.75, 3.05) is 7.11 Å². The molecule has 7 heteroatoms. The molecule has 6 nitrogen and oxygen atoms in total. The highest BCUT2D eigenvalue weighted by molar-refractivity contribution is 7.89. The molecule has 2 N–H and O–H groups in total. The van der Waals surface area contributed by atoms with E-state index in [2.05, 4.69) is 10.0 Å². The Morgan fingerprint density at radius 3 is 2.26 bits per heavy atom. The summed E-state index contributed by atoms with van der Waals surface area (Å²) in [6.07, 6.45) is 2.72. The van der Waals surface area contributed by atoms with Gasteiger partial charge in [0, 0.05) is 19.0 Å². The number of rotatable bonds is 9. The summed E-state index contributed by atoms with van der Waals surface area (Å²) >= 11 is 0. The summed E-state index contributed by atoms with van der Waals surface area (Å²) in [5, 5.41) is 2.89. The molecule has 0 spiro atoms. The highest BCUT2D eigenvalue weighted by atomic mass is 32.2. The van der Waals surface area contributed by atoms with Crippen LogP contribution in [0.5, 0.6) is 5.75 Å². The van der Waals surface area contributed by atoms with Crippen LogP contribution in [0, 0.1) is 0 Å². The number of benzene rings is 2. The molecule has 0 saturated heterocycles. The van der Waals surface area contributed by atoms with Gasteiger partial charge in [-0.15, -0.1) is 0 Å². The molecule has 1 amide bonds. The highest BCUT2D eigenvalue weighted by Crippen LogP contribution is 2.22. The standard InChI is InChI=1S/C20H24N2O4S/c1-26-18-9-2-16(3-10-18)14-21-20(23)13-6-15-4-11-19(12-5-15)27(24,25)22-17-7-8-17/h2-5,9-12,17,22H,6-8,13-14H2,1H3,(H,21,23). The molecule has 27 heavy (non-hydrogen) atoms. The number of amides is 1. The van der Waals surface area contributed by atoms with Gasteiger partial charge in [0.1, 0.15) is 5.75 Å². The van der Waals surface area contributed by atoms with Crippen LogP contribution in [0.2, 0.25) is 0 Å². The Bertz CT molecular complexity index is 873. The number of methoxy groups -OCH3 is 1. The minimum atomic E-state index is -3.43. The summed E-state index contributed by atoms with van der Waals surface area (Å²) in [5.41, 5.74) is 1.93. The molecule has 1 fully saturated rings. The van der Waals surface area contributed by atoms with E-state index >= 15 is 0 Å². The van der Waals surface area contributed by atoms with Crippen molar-refractivity contribution in [3.63, 3.8) is 0 Å². The van der Waals surface area contributed by atoms with Gasteiger partial charge in [0.05, 0.1) is 12.0 Å². The minimum absolute atomic E-state index is 0.0436. The van der Waals surface area contributed by atoms with E-state index in [-0.39, 0.29) is 16.8 Å². The number of hydrogen-bond acceptors (Lipinski definition) is 4. The fourth-order valence-electron chi connectivity index (χ4n) is 2.61. The molecule has 1 aliphatic rings. The predicted octanol–water partition coefficient (Wildman–Crippen LogP) is 2.38. The van der Waals surface area contributed by atoms with Gasteiger partial charge in [0.25, 0.3) is 0 Å². The van der Waals surface area contributed by atoms with Crippen LogP contribution in [-0.4, -0.2) is 27.5 Å². The SMILES string of the molecule is COc1ccc(CNC(=O)CCc2ccc(S(=O)(=O)NC3CC3)cc2)cc1. The average molecular weight is 388 g/mol. The second-order valence-corrected chi connectivity index (χ2v) is 8.38. The lowest BCUT2D eigenvalue weighted by Crippen LogP contribution is -2.25. The molecule has 144 valence electrons. The van der Waals surface area contributed by atoms with Gasteiger partial charge in [-0.2, -0.15) is 0 Å². The number of ether oxygens (including phenoxy) is 1. The topological polar surface area (TPSA) is 84.5 Å². The zero-order valence-electron chi connectivity index (χ0n) is 15.3. The number of sulfonamides is 1. The second-order valence-electron chi connectivity index (χ2n) is 6.66. The molecule has 1 saturated carbocycles. The highest BCUT2D eigenvalue weighted by Gasteiger charge is 2.27. The number of nitrogens with one attached hydrogen (secondary N) is 2. The quantitative estimate of drug-likeness (QED) is 0.691. The molecular formula is C20H24N2O4S. The Kier molecular flexibility index (Phi) is 6.13. The van der Waals surface area contributed by atoms with Crippen LogP contribution in [-0.2, 0) is 27.8 Å². The lowest BCUT2D eigenvalue weighted by molar-refractivity contribution is -0.121. The molecule has 0 unspecified atom stereocenters. The molecule has 1 aliphatic carbocycles. The van der Waals surface area contributed by atoms with Gasteiger partial charge in [0.2, 0.25) is 15.9 Å². The first-order chi connectivity index (χ1) is 13.0. The maximum atomic E-state index is 12.1. The Morgan fingerprint density at radius 2 is 1.67 bits per heavy atom. The number of carbonyl (C=O) groups is 1. The molecule has 0 radical (unpaired) electrons. The molecule has 0 heterocycles. The number of carbonyl (C=O) groups excluding carboxylic acids is 1. The summed E-state index contributed by atoms with van der Waals surface area (Å²) in [6, 6.07) is 14.3. The molecule has 0 aromatic heterocycles. The first-order valence-electron chi connectivity index (χ1n) is 8.97. The average Bonchev–Trinajstić information content (AvgIpc) is 3.48. The van der Waals surface area contributed by atoms with Gasteiger partial charge < -0.3 is 10.1 Å². The van der Waals surface area contributed by atoms with E-state index in [4.69, 9.17) is 4.74 Å². The Morgan fingerprint density at radius 1 is 1.04 bits per heavy atom. The van der Waals surface area contributed by atoms with Crippen LogP contribution < -0.4 is 14.8 Å². The maximum absolute atomic E-state index is 12.1. The summed E-state index contributed by atoms with van der Waals surface area (Å²) in [5.74, 6) is 0.737. The first-order valence-corrected chi connectivity index (χ1v) is 10.5. The Balaban J connectivity index is 1.45. The summed E-state index contributed by atoms with van der Waals surface area (Å²) in [4.78, 5) is 12.3. The van der Waals surface area contributed by atoms with Crippen LogP contribution in [0.3, 0.4) is 0 Å². The zero-order chi connectivity index (χ0) is 19.3. The van der Waals surface area contributed by atoms with E-state index in [1.807, 2.05) is 24.3 Å². The fourth-order valence-corrected chi connectivity index (χ4v) is 3.92. The van der Waals surface area contributed by atoms with Gasteiger partial charge in [0.15, 0.2) is 0 Å². The third-order valence-corrected chi connectivity index (χ3v) is 5.96. The van der Waals surface area contributed by atoms with Gasteiger partial charge in [-0.3, -0.25) is 4.79 Å². The van der Waals surface area contributed by atoms with Crippen molar-refractivity contribution in [1.29, 1.82) is 0 Å². The second kappa shape index (κ2) is 8.54. The summed E-state index contributed by atoms with van der Waals surface area (Å²) in [6.45, 7) is 0.465. The van der Waals surface area contributed by atoms with Crippen molar-refractivity contribution in [3.05, 3.63) is 59.7 Å². The van der Waals surface area contributed by atoms with E-state index in [0.717, 1.165) is 29.7 Å². The van der Waals surface area contributed by atoms with Crippen molar-refractivity contribution in [3.8, 4) is 5.75 Å². The molecule has 3 rings (SSSR count). The summed E-state index contributed by atoms with van der Waals surface area (Å²) < 4.78 is 32.0. The van der Waals surface area contributed by atoms with E-state index in [1.54, 1.807) is 31.4 Å². The largest absolute Gasteiger partial charge is 0.497 e. The minimum Gasteiger partial charge on any atom is -0.497 e. The van der Waals surface area contributed by atoms with Crippen molar-refractivity contribution in [2.45, 2.75) is 43.2 Å². The van der Waals surface area contributed by atoms with Crippen LogP contribution >= 0.6 is 0 Å². The molecule has 2 aromatic carbocycles. The van der Waals surface area contributed by atoms with Crippen molar-refractivity contribution in [1.82, 2.24) is 10.0 Å². The van der Waals surface area contributed by atoms with Crippen LogP contribution in [0.25, 0.3) is 0 Å². The first kappa shape index (κ1) is 19.4. The smallest absolute Gasteiger partial charge is 0.240 e. The van der Waals surface area contributed by atoms with Crippen LogP contribution in [0.1, 0.15) is 30.4 Å². The van der Waals surface area contributed by atoms with E-state index < -0.39 is 10.0 Å². The molecule has 0 atom stereocenters. The van der Waals surface area contributed by atoms with Gasteiger partial charge in [-0.1, -0.05) is 24.3 Å². The lowest BCUT2D eigenvalue weighted by Gasteiger charge is -2.08. The fraction of sp³-hybridized carbons (Fsp3) is 0.350. The molecule has 2 aromatic rings. The van der Waals surface area contributed by atoms with Gasteiger partial charge in [-0.25, -0.2) is 13.1 Å². The zero-order valence-corrected chi connectivity index (χ0v) is 16.1. The molecular weight excluding hydrogens is 364 g/mol. The normalized spacial score (nSPS) is 14.0. The molecule has 0 bridgehead atoms. The third-order valence-electron chi connectivity index (χ3n) is 4.42. The van der Waals surface area contributed by atoms with Crippen molar-refractivity contribution < 1.29 is 17.9 Å². The van der Waals surface area contributed by atoms with Crippen molar-refractivity contribution in [2.24, 2.45) is 0 Å². The Labute approximate surface area is 160 Å². The van der Waals surface area contributed by atoms with Crippen LogP contribution in [0.15, 0.2) is 53.4 Å². The van der Waals surface area contributed by atoms with Gasteiger partial charge >= 0.3 is 0 Å². The Hall–Kier alpha value is -2.38.